The molecule has 0 saturated carbocycles. The minimum atomic E-state index is -0.684. The highest BCUT2D eigenvalue weighted by atomic mass is 79.9. The third-order valence-electron chi connectivity index (χ3n) is 3.36. The first-order valence-corrected chi connectivity index (χ1v) is 10.1. The molecule has 9 heteroatoms. The minimum absolute atomic E-state index is 0.0539. The van der Waals surface area contributed by atoms with Crippen LogP contribution in [0.5, 0.6) is 5.75 Å². The fourth-order valence-electron chi connectivity index (χ4n) is 2.18. The van der Waals surface area contributed by atoms with Crippen LogP contribution in [0.15, 0.2) is 26.0 Å². The van der Waals surface area contributed by atoms with Gasteiger partial charge in [-0.15, -0.1) is 21.5 Å². The summed E-state index contributed by atoms with van der Waals surface area (Å²) in [5.74, 6) is -0.811. The van der Waals surface area contributed by atoms with Gasteiger partial charge in [-0.1, -0.05) is 34.6 Å². The highest BCUT2D eigenvalue weighted by Crippen LogP contribution is 2.43. The van der Waals surface area contributed by atoms with Crippen LogP contribution in [-0.2, 0) is 11.2 Å². The van der Waals surface area contributed by atoms with Crippen LogP contribution in [0, 0.1) is 5.41 Å². The summed E-state index contributed by atoms with van der Waals surface area (Å²) in [5.41, 5.74) is 0.507. The van der Waals surface area contributed by atoms with Crippen molar-refractivity contribution in [3.05, 3.63) is 41.6 Å². The smallest absolute Gasteiger partial charge is 0.186 e. The van der Waals surface area contributed by atoms with E-state index in [0.717, 1.165) is 27.7 Å². The topological polar surface area (TPSA) is 86.9 Å². The Morgan fingerprint density at radius 2 is 2.12 bits per heavy atom. The molecule has 0 aliphatic carbocycles. The summed E-state index contributed by atoms with van der Waals surface area (Å²) < 4.78 is 1.31. The van der Waals surface area contributed by atoms with Crippen LogP contribution in [0.25, 0.3) is 6.08 Å². The van der Waals surface area contributed by atoms with E-state index < -0.39 is 5.92 Å². The van der Waals surface area contributed by atoms with E-state index in [1.165, 1.54) is 11.3 Å². The summed E-state index contributed by atoms with van der Waals surface area (Å²) in [6.45, 7) is 1.97. The highest BCUT2D eigenvalue weighted by molar-refractivity contribution is 9.11. The van der Waals surface area contributed by atoms with Gasteiger partial charge in [0.1, 0.15) is 21.7 Å². The van der Waals surface area contributed by atoms with Crippen molar-refractivity contribution in [3.63, 3.8) is 0 Å². The predicted molar refractivity (Wildman–Crippen MR) is 104 cm³/mol. The summed E-state index contributed by atoms with van der Waals surface area (Å²) in [4.78, 5) is 13.1. The van der Waals surface area contributed by atoms with Gasteiger partial charge in [0.25, 0.3) is 0 Å². The molecule has 1 aliphatic rings. The molecular weight excluding hydrogens is 478 g/mol. The quantitative estimate of drug-likeness (QED) is 0.608. The van der Waals surface area contributed by atoms with Crippen LogP contribution in [-0.4, -0.2) is 26.1 Å². The predicted octanol–water partition coefficient (Wildman–Crippen LogP) is 4.75. The molecule has 5 nitrogen and oxygen atoms in total. The van der Waals surface area contributed by atoms with Gasteiger partial charge < -0.3 is 5.11 Å². The lowest BCUT2D eigenvalue weighted by atomic mass is 10.0. The number of hydrogen-bond donors (Lipinski definition) is 2. The molecule has 0 bridgehead atoms. The average Bonchev–Trinajstić information content (AvgIpc) is 3.09. The number of Topliss-reactive ketones (excluding diaryl/α,β-unsaturated/α-hetero) is 1. The Morgan fingerprint density at radius 1 is 1.38 bits per heavy atom. The molecular formula is C15H11Br2N3O2S2. The van der Waals surface area contributed by atoms with Gasteiger partial charge in [-0.2, -0.15) is 0 Å². The van der Waals surface area contributed by atoms with Gasteiger partial charge in [-0.25, -0.2) is 0 Å². The Morgan fingerprint density at radius 3 is 2.79 bits per heavy atom. The van der Waals surface area contributed by atoms with Crippen molar-refractivity contribution < 1.29 is 9.90 Å². The minimum Gasteiger partial charge on any atom is -0.506 e. The zero-order valence-corrected chi connectivity index (χ0v) is 17.1. The maximum absolute atomic E-state index is 12.7. The maximum Gasteiger partial charge on any atom is 0.186 e. The Hall–Kier alpha value is -1.03. The summed E-state index contributed by atoms with van der Waals surface area (Å²) >= 11 is 9.10. The average molecular weight is 489 g/mol. The van der Waals surface area contributed by atoms with Crippen molar-refractivity contribution >= 4 is 71.9 Å². The fourth-order valence-corrected chi connectivity index (χ4v) is 5.38. The molecule has 1 aromatic carbocycles. The van der Waals surface area contributed by atoms with E-state index in [4.69, 9.17) is 5.41 Å². The van der Waals surface area contributed by atoms with Crippen LogP contribution in [0.2, 0.25) is 0 Å². The number of thioether (sulfide) groups is 1. The van der Waals surface area contributed by atoms with Gasteiger partial charge in [-0.05, 0) is 40.6 Å². The van der Waals surface area contributed by atoms with Crippen molar-refractivity contribution in [3.8, 4) is 5.75 Å². The summed E-state index contributed by atoms with van der Waals surface area (Å²) in [6.07, 6.45) is 2.36. The van der Waals surface area contributed by atoms with Crippen LogP contribution in [0.1, 0.15) is 28.4 Å². The first kappa shape index (κ1) is 17.8. The second-order valence-corrected chi connectivity index (χ2v) is 8.93. The maximum atomic E-state index is 12.7. The Labute approximate surface area is 163 Å². The molecule has 24 heavy (non-hydrogen) atoms. The van der Waals surface area contributed by atoms with Gasteiger partial charge in [0.15, 0.2) is 5.78 Å². The van der Waals surface area contributed by atoms with Gasteiger partial charge in [0.2, 0.25) is 0 Å². The van der Waals surface area contributed by atoms with E-state index in [9.17, 15) is 9.90 Å². The van der Waals surface area contributed by atoms with Crippen molar-refractivity contribution in [2.45, 2.75) is 19.3 Å². The monoisotopic (exact) mass is 487 g/mol. The number of aromatic hydroxyl groups is 1. The van der Waals surface area contributed by atoms with Crippen LogP contribution >= 0.6 is 55.0 Å². The zero-order valence-electron chi connectivity index (χ0n) is 12.3. The number of carbonyl (C=O) groups is 1. The molecule has 2 aromatic rings. The summed E-state index contributed by atoms with van der Waals surface area (Å²) in [7, 11) is 0. The Balaban J connectivity index is 1.97. The molecule has 0 spiro atoms. The number of phenols is 1. The second kappa shape index (κ2) is 7.07. The number of carbonyl (C=O) groups excluding carboxylic acids is 1. The number of nitrogens with one attached hydrogen (secondary N) is 1. The highest BCUT2D eigenvalue weighted by Gasteiger charge is 2.39. The van der Waals surface area contributed by atoms with Crippen molar-refractivity contribution in [2.75, 3.05) is 0 Å². The number of aromatic nitrogens is 2. The van der Waals surface area contributed by atoms with Crippen molar-refractivity contribution in [2.24, 2.45) is 0 Å². The molecule has 1 aliphatic heterocycles. The number of halogens is 2. The van der Waals surface area contributed by atoms with Crippen LogP contribution in [0.4, 0.5) is 0 Å². The summed E-state index contributed by atoms with van der Waals surface area (Å²) in [6, 6.07) is 3.44. The zero-order chi connectivity index (χ0) is 17.4. The third kappa shape index (κ3) is 3.35. The lowest BCUT2D eigenvalue weighted by molar-refractivity contribution is -0.114. The molecule has 0 amide bonds. The van der Waals surface area contributed by atoms with Crippen molar-refractivity contribution in [1.82, 2.24) is 10.2 Å². The van der Waals surface area contributed by atoms with Crippen LogP contribution in [0.3, 0.4) is 0 Å². The lowest BCUT2D eigenvalue weighted by Crippen LogP contribution is -2.11. The van der Waals surface area contributed by atoms with E-state index in [0.29, 0.717) is 19.9 Å². The van der Waals surface area contributed by atoms with Crippen LogP contribution < -0.4 is 0 Å². The van der Waals surface area contributed by atoms with E-state index in [1.54, 1.807) is 18.2 Å². The van der Waals surface area contributed by atoms with E-state index in [1.807, 2.05) is 6.92 Å². The lowest BCUT2D eigenvalue weighted by Gasteiger charge is -2.04. The Kier molecular flexibility index (Phi) is 5.24. The summed E-state index contributed by atoms with van der Waals surface area (Å²) in [5, 5.41) is 28.0. The largest absolute Gasteiger partial charge is 0.506 e. The first-order chi connectivity index (χ1) is 11.4. The fraction of sp³-hybridized carbons (Fsp3) is 0.200. The SMILES string of the molecule is CCc1nnc([C@H]2C(=N)S/C(=C\c3cc(Br)cc(Br)c3O)C2=O)s1. The number of nitrogens with zero attached hydrogens (tertiary/aromatic N) is 2. The first-order valence-electron chi connectivity index (χ1n) is 6.93. The van der Waals surface area contributed by atoms with E-state index in [-0.39, 0.29) is 16.6 Å². The standard InChI is InChI=1S/C15H11Br2N3O2S2/c1-2-10-19-20-15(24-10)11-13(22)9(23-14(11)18)4-6-3-7(16)5-8(17)12(6)21/h3-5,11,18,21H,2H2,1H3/b9-4-,18-14?/t11-/m1/s1. The normalized spacial score (nSPS) is 19.5. The van der Waals surface area contributed by atoms with Gasteiger partial charge in [0, 0.05) is 10.0 Å². The van der Waals surface area contributed by atoms with Gasteiger partial charge >= 0.3 is 0 Å². The molecule has 1 atom stereocenters. The Bertz CT molecular complexity index is 880. The molecule has 0 radical (unpaired) electrons. The number of benzene rings is 1. The molecule has 124 valence electrons. The second-order valence-electron chi connectivity index (χ2n) is 4.99. The molecule has 2 heterocycles. The number of allylic oxidation sites excluding steroid dienone is 1. The number of aryl methyl sites for hydroxylation is 1. The molecule has 1 saturated heterocycles. The van der Waals surface area contributed by atoms with Gasteiger partial charge in [0.05, 0.1) is 14.4 Å². The molecule has 2 N–H and O–H groups in total. The van der Waals surface area contributed by atoms with E-state index in [2.05, 4.69) is 42.1 Å². The van der Waals surface area contributed by atoms with Crippen molar-refractivity contribution in [1.29, 1.82) is 5.41 Å². The molecule has 0 unspecified atom stereocenters. The number of rotatable bonds is 3. The number of ketones is 1. The number of hydrogen-bond acceptors (Lipinski definition) is 7. The third-order valence-corrected chi connectivity index (χ3v) is 6.55. The van der Waals surface area contributed by atoms with E-state index >= 15 is 0 Å². The van der Waals surface area contributed by atoms with Gasteiger partial charge in [-0.3, -0.25) is 10.2 Å². The molecule has 1 fully saturated rings. The molecule has 3 rings (SSSR count). The number of phenolic OH excluding ortho intramolecular Hbond substituents is 1. The molecule has 1 aromatic heterocycles.